The van der Waals surface area contributed by atoms with Crippen LogP contribution in [0.1, 0.15) is 12.5 Å². The average Bonchev–Trinajstić information content (AvgIpc) is 2.72. The summed E-state index contributed by atoms with van der Waals surface area (Å²) in [6.45, 7) is 1.82. The van der Waals surface area contributed by atoms with Crippen molar-refractivity contribution in [3.05, 3.63) is 72.3 Å². The van der Waals surface area contributed by atoms with Gasteiger partial charge in [0.1, 0.15) is 16.4 Å². The molecule has 0 atom stereocenters. The molecule has 174 valence electrons. The molecule has 0 heterocycles. The Kier molecular flexibility index (Phi) is 6.97. The van der Waals surface area contributed by atoms with Crippen molar-refractivity contribution in [1.29, 1.82) is 0 Å². The molecule has 0 aromatic heterocycles. The van der Waals surface area contributed by atoms with Gasteiger partial charge in [0.2, 0.25) is 9.84 Å². The van der Waals surface area contributed by atoms with Crippen molar-refractivity contribution in [1.82, 2.24) is 0 Å². The van der Waals surface area contributed by atoms with Gasteiger partial charge in [-0.15, -0.1) is 13.2 Å². The lowest BCUT2D eigenvalue weighted by Crippen LogP contribution is -2.19. The molecule has 1 N–H and O–H groups in total. The number of carboxylic acid groups (broad SMARTS) is 1. The maximum absolute atomic E-state index is 13.7. The number of hydrogen-bond donors (Lipinski definition) is 1. The first-order valence-electron chi connectivity index (χ1n) is 9.69. The lowest BCUT2D eigenvalue weighted by atomic mass is 10.1. The van der Waals surface area contributed by atoms with Crippen LogP contribution in [0.5, 0.6) is 11.5 Å². The predicted octanol–water partition coefficient (Wildman–Crippen LogP) is 5.11. The first kappa shape index (κ1) is 24.1. The van der Waals surface area contributed by atoms with Crippen molar-refractivity contribution in [2.75, 3.05) is 6.61 Å². The highest BCUT2D eigenvalue weighted by Gasteiger charge is 2.36. The Balaban J connectivity index is 2.30. The Morgan fingerprint density at radius 2 is 1.70 bits per heavy atom. The lowest BCUT2D eigenvalue weighted by Gasteiger charge is -2.18. The molecular weight excluding hydrogens is 461 g/mol. The van der Waals surface area contributed by atoms with Gasteiger partial charge in [0, 0.05) is 5.56 Å². The van der Waals surface area contributed by atoms with Crippen LogP contribution in [0.25, 0.3) is 11.1 Å². The molecule has 3 rings (SSSR count). The number of hydrogen-bond acceptors (Lipinski definition) is 5. The molecule has 0 aliphatic heterocycles. The second-order valence-electron chi connectivity index (χ2n) is 6.87. The zero-order valence-electron chi connectivity index (χ0n) is 17.3. The number of benzene rings is 3. The molecule has 0 spiro atoms. The summed E-state index contributed by atoms with van der Waals surface area (Å²) in [5.41, 5.74) is 0.469. The van der Waals surface area contributed by atoms with E-state index >= 15 is 0 Å². The number of ether oxygens (including phenoxy) is 2. The largest absolute Gasteiger partial charge is 0.573 e. The smallest absolute Gasteiger partial charge is 0.494 e. The highest BCUT2D eigenvalue weighted by atomic mass is 32.2. The van der Waals surface area contributed by atoms with E-state index in [-0.39, 0.29) is 23.5 Å². The molecule has 3 aromatic carbocycles. The summed E-state index contributed by atoms with van der Waals surface area (Å²) >= 11 is 0. The van der Waals surface area contributed by atoms with E-state index in [1.165, 1.54) is 18.2 Å². The molecule has 0 bridgehead atoms. The summed E-state index contributed by atoms with van der Waals surface area (Å²) in [7, 11) is -4.62. The zero-order chi connectivity index (χ0) is 24.2. The Hall–Kier alpha value is -3.53. The van der Waals surface area contributed by atoms with Gasteiger partial charge < -0.3 is 14.6 Å². The average molecular weight is 480 g/mol. The van der Waals surface area contributed by atoms with Gasteiger partial charge in [0.15, 0.2) is 0 Å². The van der Waals surface area contributed by atoms with E-state index in [0.717, 1.165) is 18.2 Å². The lowest BCUT2D eigenvalue weighted by molar-refractivity contribution is -0.275. The van der Waals surface area contributed by atoms with E-state index < -0.39 is 44.1 Å². The molecule has 0 aliphatic carbocycles. The van der Waals surface area contributed by atoms with E-state index in [4.69, 9.17) is 9.84 Å². The SMILES string of the molecule is CCOc1cc(CC(=O)O)cc(S(=O)(=O)c2c(OC(F)(F)F)cccc2-c2ccccc2)c1. The van der Waals surface area contributed by atoms with Crippen molar-refractivity contribution >= 4 is 15.8 Å². The van der Waals surface area contributed by atoms with E-state index in [0.29, 0.717) is 5.56 Å². The fraction of sp³-hybridized carbons (Fsp3) is 0.174. The van der Waals surface area contributed by atoms with Gasteiger partial charge >= 0.3 is 12.3 Å². The minimum Gasteiger partial charge on any atom is -0.494 e. The van der Waals surface area contributed by atoms with Crippen molar-refractivity contribution in [3.8, 4) is 22.6 Å². The Morgan fingerprint density at radius 3 is 2.30 bits per heavy atom. The molecule has 0 saturated heterocycles. The van der Waals surface area contributed by atoms with E-state index in [2.05, 4.69) is 4.74 Å². The molecule has 33 heavy (non-hydrogen) atoms. The highest BCUT2D eigenvalue weighted by molar-refractivity contribution is 7.91. The molecule has 6 nitrogen and oxygen atoms in total. The number of carbonyl (C=O) groups is 1. The minimum atomic E-state index is -5.14. The van der Waals surface area contributed by atoms with Crippen LogP contribution in [0.2, 0.25) is 0 Å². The maximum Gasteiger partial charge on any atom is 0.573 e. The Labute approximate surface area is 188 Å². The monoisotopic (exact) mass is 480 g/mol. The van der Waals surface area contributed by atoms with Gasteiger partial charge in [0.25, 0.3) is 0 Å². The molecule has 10 heteroatoms. The van der Waals surface area contributed by atoms with Gasteiger partial charge in [0.05, 0.1) is 17.9 Å². The van der Waals surface area contributed by atoms with Crippen molar-refractivity contribution in [3.63, 3.8) is 0 Å². The summed E-state index contributed by atoms with van der Waals surface area (Å²) in [6, 6.07) is 15.2. The first-order chi connectivity index (χ1) is 15.5. The van der Waals surface area contributed by atoms with Gasteiger partial charge in [-0.3, -0.25) is 4.79 Å². The van der Waals surface area contributed by atoms with Crippen LogP contribution < -0.4 is 9.47 Å². The van der Waals surface area contributed by atoms with Gasteiger partial charge in [-0.2, -0.15) is 0 Å². The van der Waals surface area contributed by atoms with Crippen molar-refractivity contribution in [2.24, 2.45) is 0 Å². The van der Waals surface area contributed by atoms with Crippen molar-refractivity contribution < 1.29 is 41.0 Å². The highest BCUT2D eigenvalue weighted by Crippen LogP contribution is 2.41. The normalized spacial score (nSPS) is 11.8. The third kappa shape index (κ3) is 5.83. The zero-order valence-corrected chi connectivity index (χ0v) is 18.1. The summed E-state index contributed by atoms with van der Waals surface area (Å²) in [4.78, 5) is 10.1. The van der Waals surface area contributed by atoms with E-state index in [9.17, 15) is 26.4 Å². The predicted molar refractivity (Wildman–Crippen MR) is 113 cm³/mol. The third-order valence-electron chi connectivity index (χ3n) is 4.47. The number of aliphatic carboxylic acids is 1. The van der Waals surface area contributed by atoms with Gasteiger partial charge in [-0.05, 0) is 42.3 Å². The summed E-state index contributed by atoms with van der Waals surface area (Å²) in [5, 5.41) is 9.13. The molecule has 0 saturated carbocycles. The second kappa shape index (κ2) is 9.53. The minimum absolute atomic E-state index is 0.000975. The van der Waals surface area contributed by atoms with Crippen LogP contribution in [0.3, 0.4) is 0 Å². The number of alkyl halides is 3. The standard InChI is InChI=1S/C23H19F3O6S/c1-2-31-17-11-15(13-21(27)28)12-18(14-17)33(29,30)22-19(16-7-4-3-5-8-16)9-6-10-20(22)32-23(24,25)26/h3-12,14H,2,13H2,1H3,(H,27,28). The maximum atomic E-state index is 13.7. The topological polar surface area (TPSA) is 89.9 Å². The fourth-order valence-corrected chi connectivity index (χ4v) is 4.94. The summed E-state index contributed by atoms with van der Waals surface area (Å²) in [5.74, 6) is -2.03. The van der Waals surface area contributed by atoms with Crippen LogP contribution in [0.4, 0.5) is 13.2 Å². The summed E-state index contributed by atoms with van der Waals surface area (Å²) in [6.07, 6.45) is -5.64. The molecule has 0 radical (unpaired) electrons. The number of halogens is 3. The Bertz CT molecular complexity index is 1250. The fourth-order valence-electron chi connectivity index (χ4n) is 3.27. The first-order valence-corrected chi connectivity index (χ1v) is 11.2. The van der Waals surface area contributed by atoms with E-state index in [1.807, 2.05) is 0 Å². The molecule has 0 fully saturated rings. The molecule has 0 aliphatic rings. The number of carboxylic acids is 1. The quantitative estimate of drug-likeness (QED) is 0.482. The molecule has 0 amide bonds. The molecular formula is C23H19F3O6S. The second-order valence-corrected chi connectivity index (χ2v) is 8.75. The summed E-state index contributed by atoms with van der Waals surface area (Å²) < 4.78 is 76.1. The van der Waals surface area contributed by atoms with Crippen LogP contribution in [0, 0.1) is 0 Å². The van der Waals surface area contributed by atoms with Crippen LogP contribution in [-0.4, -0.2) is 32.5 Å². The number of rotatable bonds is 8. The van der Waals surface area contributed by atoms with Crippen LogP contribution in [0.15, 0.2) is 76.5 Å². The van der Waals surface area contributed by atoms with Crippen LogP contribution in [-0.2, 0) is 21.1 Å². The number of sulfone groups is 1. The van der Waals surface area contributed by atoms with Gasteiger partial charge in [-0.25, -0.2) is 8.42 Å². The molecule has 3 aromatic rings. The Morgan fingerprint density at radius 1 is 1.00 bits per heavy atom. The van der Waals surface area contributed by atoms with Gasteiger partial charge in [-0.1, -0.05) is 42.5 Å². The van der Waals surface area contributed by atoms with Crippen LogP contribution >= 0.6 is 0 Å². The molecule has 0 unspecified atom stereocenters. The third-order valence-corrected chi connectivity index (χ3v) is 6.29. The van der Waals surface area contributed by atoms with E-state index in [1.54, 1.807) is 37.3 Å². The van der Waals surface area contributed by atoms with Crippen molar-refractivity contribution in [2.45, 2.75) is 29.5 Å².